The van der Waals surface area contributed by atoms with Crippen LogP contribution in [0.1, 0.15) is 72.7 Å². The van der Waals surface area contributed by atoms with Gasteiger partial charge in [0.1, 0.15) is 11.7 Å². The van der Waals surface area contributed by atoms with Crippen molar-refractivity contribution in [2.45, 2.75) is 78.0 Å². The van der Waals surface area contributed by atoms with Gasteiger partial charge in [0.15, 0.2) is 0 Å². The SMILES string of the molecule is CC[C@H](NC(=O)OC(C)(C)C)C(O)c1noc(C(C)(C)C)n1. The third-order valence-electron chi connectivity index (χ3n) is 2.87. The van der Waals surface area contributed by atoms with Crippen molar-refractivity contribution < 1.29 is 19.2 Å². The summed E-state index contributed by atoms with van der Waals surface area (Å²) >= 11 is 0. The molecule has 126 valence electrons. The normalized spacial score (nSPS) is 15.3. The Bertz CT molecular complexity index is 500. The van der Waals surface area contributed by atoms with Gasteiger partial charge in [-0.25, -0.2) is 4.79 Å². The van der Waals surface area contributed by atoms with Gasteiger partial charge in [-0.05, 0) is 27.2 Å². The number of nitrogens with one attached hydrogen (secondary N) is 1. The highest BCUT2D eigenvalue weighted by Gasteiger charge is 2.30. The average molecular weight is 313 g/mol. The number of hydrogen-bond acceptors (Lipinski definition) is 6. The van der Waals surface area contributed by atoms with Crippen LogP contribution < -0.4 is 5.32 Å². The van der Waals surface area contributed by atoms with E-state index in [1.807, 2.05) is 27.7 Å². The van der Waals surface area contributed by atoms with Gasteiger partial charge in [-0.3, -0.25) is 0 Å². The van der Waals surface area contributed by atoms with Crippen LogP contribution >= 0.6 is 0 Å². The molecule has 1 heterocycles. The van der Waals surface area contributed by atoms with Crippen molar-refractivity contribution >= 4 is 6.09 Å². The third kappa shape index (κ3) is 5.29. The molecule has 0 saturated carbocycles. The summed E-state index contributed by atoms with van der Waals surface area (Å²) in [6.45, 7) is 13.0. The zero-order valence-electron chi connectivity index (χ0n) is 14.4. The molecular formula is C15H27N3O4. The molecule has 0 saturated heterocycles. The summed E-state index contributed by atoms with van der Waals surface area (Å²) in [7, 11) is 0. The summed E-state index contributed by atoms with van der Waals surface area (Å²) in [4.78, 5) is 16.0. The molecular weight excluding hydrogens is 286 g/mol. The van der Waals surface area contributed by atoms with Gasteiger partial charge in [0.25, 0.3) is 0 Å². The summed E-state index contributed by atoms with van der Waals surface area (Å²) in [5, 5.41) is 16.8. The van der Waals surface area contributed by atoms with Crippen LogP contribution in [-0.4, -0.2) is 33.0 Å². The first kappa shape index (κ1) is 18.4. The molecule has 1 rings (SSSR count). The van der Waals surface area contributed by atoms with Gasteiger partial charge in [0.05, 0.1) is 6.04 Å². The predicted octanol–water partition coefficient (Wildman–Crippen LogP) is 2.70. The Labute approximate surface area is 131 Å². The second-order valence-corrected chi connectivity index (χ2v) is 7.31. The highest BCUT2D eigenvalue weighted by atomic mass is 16.6. The summed E-state index contributed by atoms with van der Waals surface area (Å²) in [6.07, 6.45) is -1.14. The van der Waals surface area contributed by atoms with Crippen molar-refractivity contribution in [3.63, 3.8) is 0 Å². The number of aliphatic hydroxyl groups excluding tert-OH is 1. The van der Waals surface area contributed by atoms with Crippen LogP contribution in [0.15, 0.2) is 4.52 Å². The van der Waals surface area contributed by atoms with Crippen LogP contribution in [-0.2, 0) is 10.2 Å². The molecule has 1 amide bonds. The maximum Gasteiger partial charge on any atom is 0.407 e. The Kier molecular flexibility index (Phi) is 5.56. The third-order valence-corrected chi connectivity index (χ3v) is 2.87. The topological polar surface area (TPSA) is 97.5 Å². The summed E-state index contributed by atoms with van der Waals surface area (Å²) in [6, 6.07) is -0.555. The monoisotopic (exact) mass is 313 g/mol. The maximum atomic E-state index is 11.8. The van der Waals surface area contributed by atoms with E-state index >= 15 is 0 Å². The molecule has 7 heteroatoms. The molecule has 7 nitrogen and oxygen atoms in total. The molecule has 2 N–H and O–H groups in total. The minimum absolute atomic E-state index is 0.160. The molecule has 0 aliphatic heterocycles. The van der Waals surface area contributed by atoms with E-state index in [-0.39, 0.29) is 11.2 Å². The number of carbonyl (C=O) groups is 1. The minimum atomic E-state index is -1.06. The number of amides is 1. The summed E-state index contributed by atoms with van der Waals surface area (Å²) < 4.78 is 10.4. The van der Waals surface area contributed by atoms with Crippen LogP contribution in [0.3, 0.4) is 0 Å². The number of carbonyl (C=O) groups excluding carboxylic acids is 1. The van der Waals surface area contributed by atoms with Crippen LogP contribution in [0.2, 0.25) is 0 Å². The van der Waals surface area contributed by atoms with E-state index in [0.29, 0.717) is 12.3 Å². The molecule has 1 aromatic heterocycles. The lowest BCUT2D eigenvalue weighted by Gasteiger charge is -2.24. The highest BCUT2D eigenvalue weighted by molar-refractivity contribution is 5.68. The van der Waals surface area contributed by atoms with Gasteiger partial charge in [0.2, 0.25) is 11.7 Å². The van der Waals surface area contributed by atoms with Crippen molar-refractivity contribution in [2.24, 2.45) is 0 Å². The molecule has 0 spiro atoms. The molecule has 0 radical (unpaired) electrons. The van der Waals surface area contributed by atoms with E-state index in [1.54, 1.807) is 20.8 Å². The largest absolute Gasteiger partial charge is 0.444 e. The Morgan fingerprint density at radius 2 is 1.91 bits per heavy atom. The standard InChI is InChI=1S/C15H27N3O4/c1-8-9(16-13(20)21-15(5,6)7)10(19)11-17-12(22-18-11)14(2,3)4/h9-10,19H,8H2,1-7H3,(H,16,20)/t9-,10?/m0/s1. The van der Waals surface area contributed by atoms with Crippen molar-refractivity contribution in [2.75, 3.05) is 0 Å². The molecule has 22 heavy (non-hydrogen) atoms. The van der Waals surface area contributed by atoms with Crippen molar-refractivity contribution in [1.29, 1.82) is 0 Å². The van der Waals surface area contributed by atoms with E-state index in [9.17, 15) is 9.90 Å². The Hall–Kier alpha value is -1.63. The Morgan fingerprint density at radius 1 is 1.32 bits per heavy atom. The van der Waals surface area contributed by atoms with Crippen LogP contribution in [0.5, 0.6) is 0 Å². The number of aromatic nitrogens is 2. The van der Waals surface area contributed by atoms with Gasteiger partial charge in [-0.1, -0.05) is 32.9 Å². The zero-order valence-corrected chi connectivity index (χ0v) is 14.4. The number of aliphatic hydroxyl groups is 1. The average Bonchev–Trinajstić information content (AvgIpc) is 2.82. The molecule has 0 aliphatic rings. The van der Waals surface area contributed by atoms with Gasteiger partial charge >= 0.3 is 6.09 Å². The first-order valence-electron chi connectivity index (χ1n) is 7.45. The second-order valence-electron chi connectivity index (χ2n) is 7.31. The second kappa shape index (κ2) is 6.64. The molecule has 1 aromatic rings. The highest BCUT2D eigenvalue weighted by Crippen LogP contribution is 2.23. The zero-order chi connectivity index (χ0) is 17.1. The van der Waals surface area contributed by atoms with Gasteiger partial charge in [-0.15, -0.1) is 0 Å². The molecule has 0 aromatic carbocycles. The fourth-order valence-corrected chi connectivity index (χ4v) is 1.70. The van der Waals surface area contributed by atoms with E-state index in [4.69, 9.17) is 9.26 Å². The van der Waals surface area contributed by atoms with Crippen molar-refractivity contribution in [3.05, 3.63) is 11.7 Å². The lowest BCUT2D eigenvalue weighted by atomic mass is 9.97. The number of nitrogens with zero attached hydrogens (tertiary/aromatic N) is 2. The molecule has 0 aliphatic carbocycles. The van der Waals surface area contributed by atoms with Crippen molar-refractivity contribution in [3.8, 4) is 0 Å². The molecule has 1 unspecified atom stereocenters. The van der Waals surface area contributed by atoms with Gasteiger partial charge < -0.3 is 19.7 Å². The first-order chi connectivity index (χ1) is 9.94. The predicted molar refractivity (Wildman–Crippen MR) is 81.4 cm³/mol. The van der Waals surface area contributed by atoms with Gasteiger partial charge in [-0.2, -0.15) is 4.98 Å². The van der Waals surface area contributed by atoms with Crippen LogP contribution in [0.25, 0.3) is 0 Å². The fraction of sp³-hybridized carbons (Fsp3) is 0.800. The number of hydrogen-bond donors (Lipinski definition) is 2. The molecule has 0 bridgehead atoms. The quantitative estimate of drug-likeness (QED) is 0.887. The fourth-order valence-electron chi connectivity index (χ4n) is 1.70. The smallest absolute Gasteiger partial charge is 0.407 e. The van der Waals surface area contributed by atoms with E-state index in [1.165, 1.54) is 0 Å². The minimum Gasteiger partial charge on any atom is -0.444 e. The molecule has 0 fully saturated rings. The van der Waals surface area contributed by atoms with Crippen LogP contribution in [0, 0.1) is 0 Å². The Morgan fingerprint density at radius 3 is 2.32 bits per heavy atom. The number of ether oxygens (including phenoxy) is 1. The lowest BCUT2D eigenvalue weighted by Crippen LogP contribution is -2.42. The van der Waals surface area contributed by atoms with Crippen LogP contribution in [0.4, 0.5) is 4.79 Å². The van der Waals surface area contributed by atoms with E-state index in [2.05, 4.69) is 15.5 Å². The first-order valence-corrected chi connectivity index (χ1v) is 7.45. The maximum absolute atomic E-state index is 11.8. The lowest BCUT2D eigenvalue weighted by molar-refractivity contribution is 0.0406. The Balaban J connectivity index is 2.78. The van der Waals surface area contributed by atoms with E-state index < -0.39 is 23.8 Å². The number of rotatable bonds is 4. The summed E-state index contributed by atoms with van der Waals surface area (Å²) in [5.74, 6) is 0.599. The summed E-state index contributed by atoms with van der Waals surface area (Å²) in [5.41, 5.74) is -0.899. The van der Waals surface area contributed by atoms with Gasteiger partial charge in [0, 0.05) is 5.41 Å². The van der Waals surface area contributed by atoms with E-state index in [0.717, 1.165) is 0 Å². The molecule has 2 atom stereocenters. The van der Waals surface area contributed by atoms with Crippen molar-refractivity contribution in [1.82, 2.24) is 15.5 Å². The number of alkyl carbamates (subject to hydrolysis) is 1.